The number of carbonyl (C=O) groups excluding carboxylic acids is 2. The Morgan fingerprint density at radius 3 is 2.74 bits per heavy atom. The van der Waals surface area contributed by atoms with Crippen LogP contribution in [0.2, 0.25) is 0 Å². The van der Waals surface area contributed by atoms with E-state index < -0.39 is 5.97 Å². The number of thiophene rings is 1. The fraction of sp³-hybridized carbons (Fsp3) is 0.333. The van der Waals surface area contributed by atoms with Gasteiger partial charge in [-0.3, -0.25) is 4.79 Å². The predicted molar refractivity (Wildman–Crippen MR) is 107 cm³/mol. The average molecular weight is 385 g/mol. The second-order valence-corrected chi connectivity index (χ2v) is 7.99. The minimum absolute atomic E-state index is 0.282. The summed E-state index contributed by atoms with van der Waals surface area (Å²) in [6, 6.07) is 9.56. The molecule has 1 aromatic heterocycles. The SMILES string of the molecule is CCOC(=O)c1c(NC(=O)/C=C/c2ccccc2)sc2c1CC(C)(C)OC2. The zero-order chi connectivity index (χ0) is 19.4. The van der Waals surface area contributed by atoms with Crippen molar-refractivity contribution >= 4 is 34.3 Å². The highest BCUT2D eigenvalue weighted by atomic mass is 32.1. The van der Waals surface area contributed by atoms with Crippen molar-refractivity contribution in [2.75, 3.05) is 11.9 Å². The maximum absolute atomic E-state index is 12.5. The molecule has 1 N–H and O–H groups in total. The summed E-state index contributed by atoms with van der Waals surface area (Å²) in [4.78, 5) is 25.9. The second-order valence-electron chi connectivity index (χ2n) is 6.89. The minimum atomic E-state index is -0.407. The smallest absolute Gasteiger partial charge is 0.341 e. The number of fused-ring (bicyclic) bond motifs is 1. The maximum atomic E-state index is 12.5. The Balaban J connectivity index is 1.86. The van der Waals surface area contributed by atoms with Crippen LogP contribution >= 0.6 is 11.3 Å². The lowest BCUT2D eigenvalue weighted by atomic mass is 9.93. The van der Waals surface area contributed by atoms with Gasteiger partial charge >= 0.3 is 5.97 Å². The fourth-order valence-electron chi connectivity index (χ4n) is 2.95. The largest absolute Gasteiger partial charge is 0.462 e. The summed E-state index contributed by atoms with van der Waals surface area (Å²) in [5, 5.41) is 3.36. The molecule has 0 saturated heterocycles. The predicted octanol–water partition coefficient (Wildman–Crippen LogP) is 4.43. The molecule has 0 unspecified atom stereocenters. The van der Waals surface area contributed by atoms with Gasteiger partial charge in [0.1, 0.15) is 5.00 Å². The van der Waals surface area contributed by atoms with E-state index in [4.69, 9.17) is 9.47 Å². The van der Waals surface area contributed by atoms with Gasteiger partial charge in [0.05, 0.1) is 24.4 Å². The molecule has 0 spiro atoms. The molecule has 27 heavy (non-hydrogen) atoms. The molecule has 2 heterocycles. The van der Waals surface area contributed by atoms with E-state index in [2.05, 4.69) is 5.32 Å². The van der Waals surface area contributed by atoms with E-state index in [1.807, 2.05) is 44.2 Å². The molecule has 6 heteroatoms. The van der Waals surface area contributed by atoms with Crippen LogP contribution in [0.4, 0.5) is 5.00 Å². The molecule has 1 aliphatic rings. The van der Waals surface area contributed by atoms with Gasteiger partial charge in [-0.25, -0.2) is 4.79 Å². The van der Waals surface area contributed by atoms with Gasteiger partial charge in [-0.1, -0.05) is 30.3 Å². The molecule has 0 fully saturated rings. The van der Waals surface area contributed by atoms with Crippen LogP contribution in [0.5, 0.6) is 0 Å². The molecule has 0 radical (unpaired) electrons. The van der Waals surface area contributed by atoms with E-state index in [0.717, 1.165) is 16.0 Å². The third kappa shape index (κ3) is 4.64. The van der Waals surface area contributed by atoms with Gasteiger partial charge < -0.3 is 14.8 Å². The van der Waals surface area contributed by atoms with Crippen LogP contribution in [0.1, 0.15) is 47.1 Å². The zero-order valence-electron chi connectivity index (χ0n) is 15.7. The van der Waals surface area contributed by atoms with Gasteiger partial charge in [0.2, 0.25) is 5.91 Å². The highest BCUT2D eigenvalue weighted by Gasteiger charge is 2.34. The highest BCUT2D eigenvalue weighted by molar-refractivity contribution is 7.17. The van der Waals surface area contributed by atoms with Crippen molar-refractivity contribution in [3.8, 4) is 0 Å². The molecule has 1 aliphatic heterocycles. The minimum Gasteiger partial charge on any atom is -0.462 e. The molecule has 0 saturated carbocycles. The highest BCUT2D eigenvalue weighted by Crippen LogP contribution is 2.40. The molecule has 2 aromatic rings. The van der Waals surface area contributed by atoms with Crippen LogP contribution in [0.3, 0.4) is 0 Å². The number of benzene rings is 1. The van der Waals surface area contributed by atoms with E-state index in [9.17, 15) is 9.59 Å². The molecule has 1 amide bonds. The molecular weight excluding hydrogens is 362 g/mol. The lowest BCUT2D eigenvalue weighted by Gasteiger charge is -2.30. The molecule has 0 bridgehead atoms. The Hall–Kier alpha value is -2.44. The molecule has 0 aliphatic carbocycles. The second kappa shape index (κ2) is 8.06. The number of hydrogen-bond acceptors (Lipinski definition) is 5. The first-order chi connectivity index (χ1) is 12.9. The third-order valence-corrected chi connectivity index (χ3v) is 5.35. The van der Waals surface area contributed by atoms with Crippen LogP contribution in [0, 0.1) is 0 Å². The van der Waals surface area contributed by atoms with Gasteiger partial charge in [0.15, 0.2) is 0 Å². The van der Waals surface area contributed by atoms with E-state index in [0.29, 0.717) is 23.6 Å². The molecule has 0 atom stereocenters. The van der Waals surface area contributed by atoms with Crippen molar-refractivity contribution in [1.29, 1.82) is 0 Å². The topological polar surface area (TPSA) is 64.6 Å². The number of nitrogens with one attached hydrogen (secondary N) is 1. The molecular formula is C21H23NO4S. The van der Waals surface area contributed by atoms with Crippen LogP contribution in [0.25, 0.3) is 6.08 Å². The van der Waals surface area contributed by atoms with Gasteiger partial charge in [-0.05, 0) is 38.0 Å². The van der Waals surface area contributed by atoms with Gasteiger partial charge in [-0.15, -0.1) is 11.3 Å². The fourth-order valence-corrected chi connectivity index (χ4v) is 4.07. The van der Waals surface area contributed by atoms with Crippen molar-refractivity contribution in [3.05, 3.63) is 58.0 Å². The van der Waals surface area contributed by atoms with Crippen LogP contribution in [-0.2, 0) is 27.3 Å². The summed E-state index contributed by atoms with van der Waals surface area (Å²) < 4.78 is 11.1. The van der Waals surface area contributed by atoms with Crippen LogP contribution in [0.15, 0.2) is 36.4 Å². The summed E-state index contributed by atoms with van der Waals surface area (Å²) in [5.74, 6) is -0.696. The van der Waals surface area contributed by atoms with Gasteiger partial charge in [0.25, 0.3) is 0 Å². The average Bonchev–Trinajstić information content (AvgIpc) is 2.97. The van der Waals surface area contributed by atoms with E-state index in [-0.39, 0.29) is 18.1 Å². The van der Waals surface area contributed by atoms with Crippen LogP contribution in [-0.4, -0.2) is 24.1 Å². The summed E-state index contributed by atoms with van der Waals surface area (Å²) >= 11 is 1.38. The van der Waals surface area contributed by atoms with E-state index in [1.165, 1.54) is 17.4 Å². The van der Waals surface area contributed by atoms with Crippen molar-refractivity contribution in [2.24, 2.45) is 0 Å². The number of rotatable bonds is 5. The Labute approximate surface area is 163 Å². The van der Waals surface area contributed by atoms with Crippen molar-refractivity contribution < 1.29 is 19.1 Å². The van der Waals surface area contributed by atoms with Crippen molar-refractivity contribution in [1.82, 2.24) is 0 Å². The normalized spacial score (nSPS) is 15.4. The lowest BCUT2D eigenvalue weighted by Crippen LogP contribution is -2.32. The number of carbonyl (C=O) groups is 2. The third-order valence-electron chi connectivity index (χ3n) is 4.23. The quantitative estimate of drug-likeness (QED) is 0.611. The Kier molecular flexibility index (Phi) is 5.77. The molecule has 5 nitrogen and oxygen atoms in total. The first-order valence-electron chi connectivity index (χ1n) is 8.89. The first kappa shape index (κ1) is 19.3. The van der Waals surface area contributed by atoms with Crippen molar-refractivity contribution in [3.63, 3.8) is 0 Å². The molecule has 3 rings (SSSR count). The van der Waals surface area contributed by atoms with E-state index >= 15 is 0 Å². The number of anilines is 1. The Bertz CT molecular complexity index is 868. The maximum Gasteiger partial charge on any atom is 0.341 e. The van der Waals surface area contributed by atoms with Crippen molar-refractivity contribution in [2.45, 2.75) is 39.4 Å². The number of hydrogen-bond donors (Lipinski definition) is 1. The number of amides is 1. The molecule has 1 aromatic carbocycles. The summed E-state index contributed by atoms with van der Waals surface area (Å²) in [5.41, 5.74) is 1.94. The van der Waals surface area contributed by atoms with Gasteiger partial charge in [-0.2, -0.15) is 0 Å². The van der Waals surface area contributed by atoms with Gasteiger partial charge in [0, 0.05) is 17.4 Å². The van der Waals surface area contributed by atoms with Crippen LogP contribution < -0.4 is 5.32 Å². The monoisotopic (exact) mass is 385 g/mol. The Morgan fingerprint density at radius 1 is 1.30 bits per heavy atom. The summed E-state index contributed by atoms with van der Waals surface area (Å²) in [6.07, 6.45) is 3.80. The van der Waals surface area contributed by atoms with E-state index in [1.54, 1.807) is 13.0 Å². The number of esters is 1. The standard InChI is InChI=1S/C21H23NO4S/c1-4-25-20(24)18-15-12-21(2,3)26-13-16(15)27-19(18)22-17(23)11-10-14-8-6-5-7-9-14/h5-11H,4,12-13H2,1-3H3,(H,22,23)/b11-10+. The number of ether oxygens (including phenoxy) is 2. The first-order valence-corrected chi connectivity index (χ1v) is 9.71. The Morgan fingerprint density at radius 2 is 2.04 bits per heavy atom. The lowest BCUT2D eigenvalue weighted by molar-refractivity contribution is -0.111. The summed E-state index contributed by atoms with van der Waals surface area (Å²) in [6.45, 7) is 6.46. The zero-order valence-corrected chi connectivity index (χ0v) is 16.5. The summed E-state index contributed by atoms with van der Waals surface area (Å²) in [7, 11) is 0. The molecule has 142 valence electrons.